The fourth-order valence-electron chi connectivity index (χ4n) is 1.58. The van der Waals surface area contributed by atoms with Crippen molar-refractivity contribution in [3.05, 3.63) is 24.2 Å². The lowest BCUT2D eigenvalue weighted by molar-refractivity contribution is 0.351. The van der Waals surface area contributed by atoms with Crippen LogP contribution >= 0.6 is 0 Å². The van der Waals surface area contributed by atoms with E-state index in [2.05, 4.69) is 33.0 Å². The zero-order valence-corrected chi connectivity index (χ0v) is 10.3. The second-order valence-electron chi connectivity index (χ2n) is 5.36. The van der Waals surface area contributed by atoms with Gasteiger partial charge in [0.1, 0.15) is 5.76 Å². The second-order valence-corrected chi connectivity index (χ2v) is 5.36. The van der Waals surface area contributed by atoms with Gasteiger partial charge in [-0.3, -0.25) is 0 Å². The standard InChI is InChI=1S/C13H23NO/c1-11(12-7-5-10-15-12)14-9-6-8-13(2,3)4/h5,7,10-11,14H,6,8-9H2,1-4H3. The van der Waals surface area contributed by atoms with Crippen molar-refractivity contribution in [2.45, 2.75) is 46.6 Å². The lowest BCUT2D eigenvalue weighted by Gasteiger charge is -2.18. The van der Waals surface area contributed by atoms with Gasteiger partial charge >= 0.3 is 0 Å². The van der Waals surface area contributed by atoms with E-state index in [0.717, 1.165) is 12.3 Å². The summed E-state index contributed by atoms with van der Waals surface area (Å²) >= 11 is 0. The van der Waals surface area contributed by atoms with E-state index in [-0.39, 0.29) is 0 Å². The number of furan rings is 1. The molecule has 1 unspecified atom stereocenters. The van der Waals surface area contributed by atoms with E-state index in [1.165, 1.54) is 12.8 Å². The average Bonchev–Trinajstić information content (AvgIpc) is 2.63. The van der Waals surface area contributed by atoms with E-state index < -0.39 is 0 Å². The van der Waals surface area contributed by atoms with Gasteiger partial charge in [-0.2, -0.15) is 0 Å². The minimum atomic E-state index is 0.319. The summed E-state index contributed by atoms with van der Waals surface area (Å²) in [4.78, 5) is 0. The molecule has 1 aromatic rings. The maximum Gasteiger partial charge on any atom is 0.120 e. The van der Waals surface area contributed by atoms with Gasteiger partial charge in [0.15, 0.2) is 0 Å². The Kier molecular flexibility index (Phi) is 4.40. The number of hydrogen-bond acceptors (Lipinski definition) is 2. The van der Waals surface area contributed by atoms with Gasteiger partial charge in [-0.25, -0.2) is 0 Å². The van der Waals surface area contributed by atoms with Gasteiger partial charge in [-0.1, -0.05) is 20.8 Å². The predicted molar refractivity (Wildman–Crippen MR) is 63.8 cm³/mol. The minimum Gasteiger partial charge on any atom is -0.468 e. The van der Waals surface area contributed by atoms with E-state index in [1.54, 1.807) is 6.26 Å². The van der Waals surface area contributed by atoms with Crippen LogP contribution < -0.4 is 5.32 Å². The van der Waals surface area contributed by atoms with Gasteiger partial charge in [0.05, 0.1) is 12.3 Å². The summed E-state index contributed by atoms with van der Waals surface area (Å²) in [5.74, 6) is 1.02. The summed E-state index contributed by atoms with van der Waals surface area (Å²) < 4.78 is 5.33. The molecule has 0 spiro atoms. The van der Waals surface area contributed by atoms with Crippen LogP contribution in [0.1, 0.15) is 52.3 Å². The first-order valence-corrected chi connectivity index (χ1v) is 5.76. The lowest BCUT2D eigenvalue weighted by Crippen LogP contribution is -2.20. The SMILES string of the molecule is CC(NCCCC(C)(C)C)c1ccco1. The van der Waals surface area contributed by atoms with Crippen LogP contribution in [0.15, 0.2) is 22.8 Å². The molecule has 0 radical (unpaired) electrons. The van der Waals surface area contributed by atoms with E-state index in [0.29, 0.717) is 11.5 Å². The third-order valence-corrected chi connectivity index (χ3v) is 2.52. The van der Waals surface area contributed by atoms with Crippen LogP contribution in [-0.2, 0) is 0 Å². The van der Waals surface area contributed by atoms with Crippen molar-refractivity contribution in [1.29, 1.82) is 0 Å². The summed E-state index contributed by atoms with van der Waals surface area (Å²) in [7, 11) is 0. The molecule has 1 aromatic heterocycles. The first-order valence-electron chi connectivity index (χ1n) is 5.76. The van der Waals surface area contributed by atoms with Gasteiger partial charge in [-0.15, -0.1) is 0 Å². The largest absolute Gasteiger partial charge is 0.468 e. The predicted octanol–water partition coefficient (Wildman–Crippen LogP) is 3.76. The molecule has 0 aliphatic heterocycles. The molecule has 2 nitrogen and oxygen atoms in total. The summed E-state index contributed by atoms with van der Waals surface area (Å²) in [6, 6.07) is 4.27. The van der Waals surface area contributed by atoms with Crippen LogP contribution in [-0.4, -0.2) is 6.54 Å². The molecule has 0 saturated carbocycles. The van der Waals surface area contributed by atoms with E-state index >= 15 is 0 Å². The van der Waals surface area contributed by atoms with Crippen molar-refractivity contribution in [3.8, 4) is 0 Å². The van der Waals surface area contributed by atoms with E-state index in [4.69, 9.17) is 4.42 Å². The van der Waals surface area contributed by atoms with Gasteiger partial charge in [0, 0.05) is 0 Å². The van der Waals surface area contributed by atoms with Crippen molar-refractivity contribution < 1.29 is 4.42 Å². The maximum absolute atomic E-state index is 5.33. The fourth-order valence-corrected chi connectivity index (χ4v) is 1.58. The first kappa shape index (κ1) is 12.3. The Morgan fingerprint density at radius 3 is 2.67 bits per heavy atom. The Balaban J connectivity index is 2.16. The molecular formula is C13H23NO. The Labute approximate surface area is 93.1 Å². The van der Waals surface area contributed by atoms with Crippen LogP contribution in [0.3, 0.4) is 0 Å². The zero-order chi connectivity index (χ0) is 11.3. The van der Waals surface area contributed by atoms with Gasteiger partial charge < -0.3 is 9.73 Å². The van der Waals surface area contributed by atoms with Crippen LogP contribution in [0, 0.1) is 5.41 Å². The molecular weight excluding hydrogens is 186 g/mol. The third-order valence-electron chi connectivity index (χ3n) is 2.52. The Morgan fingerprint density at radius 1 is 1.40 bits per heavy atom. The molecule has 1 N–H and O–H groups in total. The van der Waals surface area contributed by atoms with E-state index in [1.807, 2.05) is 12.1 Å². The molecule has 15 heavy (non-hydrogen) atoms. The molecule has 86 valence electrons. The number of rotatable bonds is 5. The Bertz CT molecular complexity index is 259. The van der Waals surface area contributed by atoms with Crippen molar-refractivity contribution in [1.82, 2.24) is 5.32 Å². The molecule has 0 amide bonds. The molecule has 0 aliphatic rings. The van der Waals surface area contributed by atoms with Gasteiger partial charge in [0.25, 0.3) is 0 Å². The quantitative estimate of drug-likeness (QED) is 0.747. The third kappa shape index (κ3) is 5.03. The van der Waals surface area contributed by atoms with Crippen LogP contribution in [0.4, 0.5) is 0 Å². The van der Waals surface area contributed by atoms with E-state index in [9.17, 15) is 0 Å². The molecule has 0 aromatic carbocycles. The van der Waals surface area contributed by atoms with Crippen molar-refractivity contribution in [2.24, 2.45) is 5.41 Å². The monoisotopic (exact) mass is 209 g/mol. The summed E-state index contributed by atoms with van der Waals surface area (Å²) in [5.41, 5.74) is 0.440. The van der Waals surface area contributed by atoms with Crippen LogP contribution in [0.5, 0.6) is 0 Å². The molecule has 2 heteroatoms. The number of nitrogens with one attached hydrogen (secondary N) is 1. The highest BCUT2D eigenvalue weighted by Gasteiger charge is 2.10. The molecule has 0 saturated heterocycles. The molecule has 1 atom stereocenters. The molecule has 0 fully saturated rings. The smallest absolute Gasteiger partial charge is 0.120 e. The molecule has 0 aliphatic carbocycles. The highest BCUT2D eigenvalue weighted by molar-refractivity contribution is 5.02. The van der Waals surface area contributed by atoms with Crippen molar-refractivity contribution in [2.75, 3.05) is 6.54 Å². The highest BCUT2D eigenvalue weighted by Crippen LogP contribution is 2.20. The number of hydrogen-bond donors (Lipinski definition) is 1. The zero-order valence-electron chi connectivity index (χ0n) is 10.3. The van der Waals surface area contributed by atoms with Crippen molar-refractivity contribution in [3.63, 3.8) is 0 Å². The maximum atomic E-state index is 5.33. The van der Waals surface area contributed by atoms with Gasteiger partial charge in [-0.05, 0) is 43.9 Å². The van der Waals surface area contributed by atoms with Crippen LogP contribution in [0.25, 0.3) is 0 Å². The topological polar surface area (TPSA) is 25.2 Å². The summed E-state index contributed by atoms with van der Waals surface area (Å²) in [5, 5.41) is 3.46. The normalized spacial score (nSPS) is 14.1. The Hall–Kier alpha value is -0.760. The fraction of sp³-hybridized carbons (Fsp3) is 0.692. The minimum absolute atomic E-state index is 0.319. The highest BCUT2D eigenvalue weighted by atomic mass is 16.3. The van der Waals surface area contributed by atoms with Crippen molar-refractivity contribution >= 4 is 0 Å². The molecule has 1 heterocycles. The summed E-state index contributed by atoms with van der Waals surface area (Å²) in [6.07, 6.45) is 4.20. The first-order chi connectivity index (χ1) is 6.99. The average molecular weight is 209 g/mol. The second kappa shape index (κ2) is 5.36. The Morgan fingerprint density at radius 2 is 2.13 bits per heavy atom. The van der Waals surface area contributed by atoms with Crippen LogP contribution in [0.2, 0.25) is 0 Å². The van der Waals surface area contributed by atoms with Gasteiger partial charge in [0.2, 0.25) is 0 Å². The lowest BCUT2D eigenvalue weighted by atomic mass is 9.90. The summed E-state index contributed by atoms with van der Waals surface area (Å²) in [6.45, 7) is 10.0. The molecule has 1 rings (SSSR count). The molecule has 0 bridgehead atoms.